The Morgan fingerprint density at radius 1 is 1.06 bits per heavy atom. The summed E-state index contributed by atoms with van der Waals surface area (Å²) in [7, 11) is 3.02. The Labute approximate surface area is 182 Å². The molecule has 1 atom stereocenters. The van der Waals surface area contributed by atoms with Crippen LogP contribution in [0.5, 0.6) is 11.5 Å². The number of aromatic nitrogens is 2. The second-order valence-corrected chi connectivity index (χ2v) is 7.46. The lowest BCUT2D eigenvalue weighted by atomic mass is 9.91. The number of hydrogen-bond donors (Lipinski definition) is 1. The number of imide groups is 1. The van der Waals surface area contributed by atoms with Crippen molar-refractivity contribution in [3.05, 3.63) is 58.9 Å². The summed E-state index contributed by atoms with van der Waals surface area (Å²) in [5, 5.41) is 11.3. The van der Waals surface area contributed by atoms with Gasteiger partial charge in [0.05, 0.1) is 14.2 Å². The second-order valence-electron chi connectivity index (χ2n) is 7.02. The minimum atomic E-state index is -1.28. The smallest absolute Gasteiger partial charge is 0.325 e. The van der Waals surface area contributed by atoms with Crippen molar-refractivity contribution < 1.29 is 23.5 Å². The van der Waals surface area contributed by atoms with Crippen molar-refractivity contribution in [1.82, 2.24) is 20.4 Å². The number of methoxy groups -OCH3 is 2. The Hall–Kier alpha value is -3.59. The van der Waals surface area contributed by atoms with E-state index >= 15 is 0 Å². The van der Waals surface area contributed by atoms with Crippen LogP contribution >= 0.6 is 11.6 Å². The van der Waals surface area contributed by atoms with Crippen molar-refractivity contribution in [2.24, 2.45) is 0 Å². The van der Waals surface area contributed by atoms with Crippen LogP contribution in [-0.2, 0) is 16.9 Å². The number of amides is 3. The third kappa shape index (κ3) is 3.68. The number of urea groups is 1. The quantitative estimate of drug-likeness (QED) is 0.583. The predicted octanol–water partition coefficient (Wildman–Crippen LogP) is 3.37. The van der Waals surface area contributed by atoms with Gasteiger partial charge in [0, 0.05) is 10.6 Å². The first-order valence-electron chi connectivity index (χ1n) is 9.30. The van der Waals surface area contributed by atoms with Gasteiger partial charge in [0.1, 0.15) is 12.1 Å². The number of benzene rings is 2. The lowest BCUT2D eigenvalue weighted by molar-refractivity contribution is -0.131. The van der Waals surface area contributed by atoms with Crippen LogP contribution in [-0.4, -0.2) is 41.3 Å². The highest BCUT2D eigenvalue weighted by molar-refractivity contribution is 6.30. The van der Waals surface area contributed by atoms with Crippen LogP contribution in [0, 0.1) is 0 Å². The van der Waals surface area contributed by atoms with Crippen LogP contribution in [0.15, 0.2) is 46.9 Å². The van der Waals surface area contributed by atoms with Gasteiger partial charge in [-0.05, 0) is 48.9 Å². The normalized spacial score (nSPS) is 18.3. The number of halogens is 1. The standard InChI is InChI=1S/C21H19ClN4O5/c1-21(13-6-9-15(29-2)16(10-13)30-3)19(27)26(20(28)23-21)11-17-24-25-18(31-17)12-4-7-14(22)8-5-12/h4-10H,11H2,1-3H3,(H,23,28)/t21-/m0/s1. The van der Waals surface area contributed by atoms with Crippen molar-refractivity contribution in [1.29, 1.82) is 0 Å². The number of hydrogen-bond acceptors (Lipinski definition) is 7. The zero-order valence-corrected chi connectivity index (χ0v) is 17.8. The molecule has 0 spiro atoms. The summed E-state index contributed by atoms with van der Waals surface area (Å²) in [5.41, 5.74) is -0.0516. The molecule has 3 aromatic rings. The molecule has 4 rings (SSSR count). The first-order chi connectivity index (χ1) is 14.9. The van der Waals surface area contributed by atoms with Crippen molar-refractivity contribution in [2.45, 2.75) is 19.0 Å². The van der Waals surface area contributed by atoms with Gasteiger partial charge in [0.25, 0.3) is 5.91 Å². The fourth-order valence-electron chi connectivity index (χ4n) is 3.35. The topological polar surface area (TPSA) is 107 Å². The zero-order chi connectivity index (χ0) is 22.2. The lowest BCUT2D eigenvalue weighted by Crippen LogP contribution is -2.40. The molecule has 1 saturated heterocycles. The van der Waals surface area contributed by atoms with Crippen molar-refractivity contribution in [3.63, 3.8) is 0 Å². The predicted molar refractivity (Wildman–Crippen MR) is 111 cm³/mol. The van der Waals surface area contributed by atoms with Crippen molar-refractivity contribution in [3.8, 4) is 23.0 Å². The van der Waals surface area contributed by atoms with E-state index in [1.807, 2.05) is 0 Å². The van der Waals surface area contributed by atoms with E-state index in [0.717, 1.165) is 4.90 Å². The molecule has 0 bridgehead atoms. The molecule has 2 heterocycles. The van der Waals surface area contributed by atoms with Crippen LogP contribution in [0.3, 0.4) is 0 Å². The van der Waals surface area contributed by atoms with E-state index in [2.05, 4.69) is 15.5 Å². The van der Waals surface area contributed by atoms with Gasteiger partial charge in [-0.3, -0.25) is 9.69 Å². The van der Waals surface area contributed by atoms with E-state index in [9.17, 15) is 9.59 Å². The van der Waals surface area contributed by atoms with Crippen molar-refractivity contribution >= 4 is 23.5 Å². The molecular weight excluding hydrogens is 424 g/mol. The van der Waals surface area contributed by atoms with Gasteiger partial charge in [-0.1, -0.05) is 17.7 Å². The summed E-state index contributed by atoms with van der Waals surface area (Å²) in [6.07, 6.45) is 0. The zero-order valence-electron chi connectivity index (χ0n) is 17.0. The Bertz CT molecular complexity index is 1150. The maximum Gasteiger partial charge on any atom is 0.325 e. The van der Waals surface area contributed by atoms with Gasteiger partial charge in [-0.2, -0.15) is 0 Å². The van der Waals surface area contributed by atoms with Crippen LogP contribution in [0.4, 0.5) is 4.79 Å². The maximum atomic E-state index is 13.2. The molecule has 2 aromatic carbocycles. The average Bonchev–Trinajstić information content (AvgIpc) is 3.33. The third-order valence-corrected chi connectivity index (χ3v) is 5.34. The largest absolute Gasteiger partial charge is 0.493 e. The Kier molecular flexibility index (Phi) is 5.28. The SMILES string of the molecule is COc1ccc([C@]2(C)NC(=O)N(Cc3nnc(-c4ccc(Cl)cc4)o3)C2=O)cc1OC. The fraction of sp³-hybridized carbons (Fsp3) is 0.238. The maximum absolute atomic E-state index is 13.2. The molecule has 31 heavy (non-hydrogen) atoms. The molecule has 160 valence electrons. The summed E-state index contributed by atoms with van der Waals surface area (Å²) < 4.78 is 16.2. The summed E-state index contributed by atoms with van der Waals surface area (Å²) >= 11 is 5.89. The molecule has 9 nitrogen and oxygen atoms in total. The van der Waals surface area contributed by atoms with Gasteiger partial charge in [0.15, 0.2) is 11.5 Å². The number of nitrogens with zero attached hydrogens (tertiary/aromatic N) is 3. The number of carbonyl (C=O) groups excluding carboxylic acids is 2. The Balaban J connectivity index is 1.57. The van der Waals surface area contributed by atoms with Crippen LogP contribution in [0.25, 0.3) is 11.5 Å². The first kappa shape index (κ1) is 20.7. The molecule has 1 aliphatic rings. The fourth-order valence-corrected chi connectivity index (χ4v) is 3.47. The second kappa shape index (κ2) is 7.92. The molecule has 1 aliphatic heterocycles. The Morgan fingerprint density at radius 2 is 1.77 bits per heavy atom. The van der Waals surface area contributed by atoms with Crippen molar-refractivity contribution in [2.75, 3.05) is 14.2 Å². The molecule has 0 aliphatic carbocycles. The van der Waals surface area contributed by atoms with E-state index in [4.69, 9.17) is 25.5 Å². The highest BCUT2D eigenvalue weighted by atomic mass is 35.5. The van der Waals surface area contributed by atoms with E-state index in [0.29, 0.717) is 27.6 Å². The highest BCUT2D eigenvalue weighted by Gasteiger charge is 2.49. The molecule has 0 radical (unpaired) electrons. The summed E-state index contributed by atoms with van der Waals surface area (Å²) in [5.74, 6) is 0.914. The molecule has 0 unspecified atom stereocenters. The molecule has 1 N–H and O–H groups in total. The summed E-state index contributed by atoms with van der Waals surface area (Å²) in [4.78, 5) is 26.8. The average molecular weight is 443 g/mol. The lowest BCUT2D eigenvalue weighted by Gasteiger charge is -2.23. The van der Waals surface area contributed by atoms with Gasteiger partial charge in [-0.25, -0.2) is 4.79 Å². The summed E-state index contributed by atoms with van der Waals surface area (Å²) in [6.45, 7) is 1.47. The van der Waals surface area contributed by atoms with E-state index in [-0.39, 0.29) is 18.3 Å². The molecule has 0 saturated carbocycles. The van der Waals surface area contributed by atoms with Gasteiger partial charge < -0.3 is 19.2 Å². The minimum absolute atomic E-state index is 0.130. The molecule has 3 amide bonds. The Morgan fingerprint density at radius 3 is 2.45 bits per heavy atom. The number of rotatable bonds is 6. The minimum Gasteiger partial charge on any atom is -0.493 e. The monoisotopic (exact) mass is 442 g/mol. The van der Waals surface area contributed by atoms with E-state index in [1.165, 1.54) is 14.2 Å². The van der Waals surface area contributed by atoms with Crippen LogP contribution in [0.2, 0.25) is 5.02 Å². The van der Waals surface area contributed by atoms with Crippen LogP contribution < -0.4 is 14.8 Å². The highest BCUT2D eigenvalue weighted by Crippen LogP contribution is 2.35. The molecular formula is C21H19ClN4O5. The van der Waals surface area contributed by atoms with Gasteiger partial charge in [0.2, 0.25) is 11.8 Å². The van der Waals surface area contributed by atoms with Gasteiger partial charge in [-0.15, -0.1) is 10.2 Å². The third-order valence-electron chi connectivity index (χ3n) is 5.09. The van der Waals surface area contributed by atoms with E-state index in [1.54, 1.807) is 49.4 Å². The number of ether oxygens (including phenoxy) is 2. The summed E-state index contributed by atoms with van der Waals surface area (Å²) in [6, 6.07) is 11.4. The molecule has 1 aromatic heterocycles. The molecule has 1 fully saturated rings. The van der Waals surface area contributed by atoms with Crippen LogP contribution in [0.1, 0.15) is 18.4 Å². The number of nitrogens with one attached hydrogen (secondary N) is 1. The first-order valence-corrected chi connectivity index (χ1v) is 9.68. The van der Waals surface area contributed by atoms with E-state index < -0.39 is 17.5 Å². The number of carbonyl (C=O) groups is 2. The molecule has 10 heteroatoms. The van der Waals surface area contributed by atoms with Gasteiger partial charge >= 0.3 is 6.03 Å².